The number of allylic oxidation sites excluding steroid dienone is 4. The minimum Gasteiger partial charge on any atom is -0.334 e. The van der Waals surface area contributed by atoms with Gasteiger partial charge in [-0.3, -0.25) is 0 Å². The molecule has 2 atom stereocenters. The summed E-state index contributed by atoms with van der Waals surface area (Å²) in [6.45, 7) is 0. The van der Waals surface area contributed by atoms with Gasteiger partial charge in [0.05, 0.1) is 17.5 Å². The van der Waals surface area contributed by atoms with Gasteiger partial charge in [0.2, 0.25) is 0 Å². The maximum Gasteiger partial charge on any atom is 0.0726 e. The zero-order valence-electron chi connectivity index (χ0n) is 28.4. The predicted molar refractivity (Wildman–Crippen MR) is 213 cm³/mol. The minimum atomic E-state index is -0.370. The molecular formula is C49H38N2. The Hall–Kier alpha value is -6.12. The lowest BCUT2D eigenvalue weighted by Gasteiger charge is -2.36. The molecule has 0 radical (unpaired) electrons. The van der Waals surface area contributed by atoms with E-state index in [1.165, 1.54) is 67.3 Å². The van der Waals surface area contributed by atoms with Crippen LogP contribution < -0.4 is 9.80 Å². The van der Waals surface area contributed by atoms with Gasteiger partial charge in [-0.25, -0.2) is 0 Å². The van der Waals surface area contributed by atoms with Crippen LogP contribution in [0.25, 0.3) is 22.3 Å². The van der Waals surface area contributed by atoms with E-state index >= 15 is 0 Å². The molecule has 10 rings (SSSR count). The van der Waals surface area contributed by atoms with Crippen molar-refractivity contribution >= 4 is 22.7 Å². The second kappa shape index (κ2) is 12.0. The summed E-state index contributed by atoms with van der Waals surface area (Å²) >= 11 is 0. The van der Waals surface area contributed by atoms with Crippen molar-refractivity contribution in [3.8, 4) is 22.3 Å². The van der Waals surface area contributed by atoms with Gasteiger partial charge in [0, 0.05) is 28.3 Å². The van der Waals surface area contributed by atoms with Crippen molar-refractivity contribution in [2.24, 2.45) is 0 Å². The van der Waals surface area contributed by atoms with Crippen molar-refractivity contribution in [3.63, 3.8) is 0 Å². The van der Waals surface area contributed by atoms with Crippen molar-refractivity contribution in [1.29, 1.82) is 0 Å². The van der Waals surface area contributed by atoms with E-state index in [4.69, 9.17) is 0 Å². The van der Waals surface area contributed by atoms with Crippen LogP contribution >= 0.6 is 0 Å². The van der Waals surface area contributed by atoms with Crippen LogP contribution in [0.15, 0.2) is 194 Å². The van der Waals surface area contributed by atoms with E-state index in [0.29, 0.717) is 0 Å². The fourth-order valence-corrected chi connectivity index (χ4v) is 9.25. The van der Waals surface area contributed by atoms with Gasteiger partial charge in [-0.15, -0.1) is 0 Å². The molecule has 0 N–H and O–H groups in total. The van der Waals surface area contributed by atoms with Crippen LogP contribution in [0.5, 0.6) is 0 Å². The van der Waals surface area contributed by atoms with Crippen LogP contribution in [-0.2, 0) is 5.41 Å². The number of anilines is 4. The number of hydrogen-bond donors (Lipinski definition) is 0. The molecule has 244 valence electrons. The average molecular weight is 655 g/mol. The van der Waals surface area contributed by atoms with Crippen LogP contribution in [0.1, 0.15) is 35.1 Å². The highest BCUT2D eigenvalue weighted by Gasteiger charge is 2.52. The standard InChI is InChI=1S/C49H38N2/c1-4-17-35(18-5-1)50(36-19-6-2-7-20-36)38-31-33-39(34-32-38)51(37-21-8-3-9-22-37)47-30-16-29-46-48(47)42-25-12-15-28-45(42)49(46)43-26-13-10-23-40(43)41-24-11-14-27-44(41)49/h1-19,21,23-34,36-37H,20,22H2. The van der Waals surface area contributed by atoms with Gasteiger partial charge in [0.15, 0.2) is 0 Å². The predicted octanol–water partition coefficient (Wildman–Crippen LogP) is 12.1. The van der Waals surface area contributed by atoms with Crippen molar-refractivity contribution in [2.45, 2.75) is 30.3 Å². The molecule has 4 aliphatic rings. The first-order valence-corrected chi connectivity index (χ1v) is 18.2. The molecule has 2 heteroatoms. The number of hydrogen-bond acceptors (Lipinski definition) is 2. The maximum absolute atomic E-state index is 2.58. The van der Waals surface area contributed by atoms with Gasteiger partial charge in [0.25, 0.3) is 0 Å². The van der Waals surface area contributed by atoms with Gasteiger partial charge in [-0.1, -0.05) is 152 Å². The van der Waals surface area contributed by atoms with Crippen molar-refractivity contribution in [2.75, 3.05) is 9.80 Å². The minimum absolute atomic E-state index is 0.177. The van der Waals surface area contributed by atoms with Gasteiger partial charge in [0.1, 0.15) is 0 Å². The molecule has 0 amide bonds. The first kappa shape index (κ1) is 29.8. The Balaban J connectivity index is 1.16. The fourth-order valence-electron chi connectivity index (χ4n) is 9.25. The largest absolute Gasteiger partial charge is 0.334 e. The third-order valence-electron chi connectivity index (χ3n) is 11.3. The first-order chi connectivity index (χ1) is 25.3. The Bertz CT molecular complexity index is 2350. The molecule has 0 aliphatic heterocycles. The smallest absolute Gasteiger partial charge is 0.0726 e. The zero-order chi connectivity index (χ0) is 33.8. The molecule has 0 aromatic heterocycles. The van der Waals surface area contributed by atoms with Crippen LogP contribution in [0.2, 0.25) is 0 Å². The molecule has 0 saturated heterocycles. The summed E-state index contributed by atoms with van der Waals surface area (Å²) in [5, 5.41) is 0. The number of benzene rings is 6. The Morgan fingerprint density at radius 3 is 1.45 bits per heavy atom. The number of rotatable bonds is 6. The number of fused-ring (bicyclic) bond motifs is 10. The molecule has 4 aliphatic carbocycles. The van der Waals surface area contributed by atoms with E-state index in [0.717, 1.165) is 12.8 Å². The van der Waals surface area contributed by atoms with Crippen molar-refractivity contribution in [3.05, 3.63) is 216 Å². The molecule has 51 heavy (non-hydrogen) atoms. The second-order valence-corrected chi connectivity index (χ2v) is 13.9. The Labute approximate surface area is 300 Å². The normalized spacial score (nSPS) is 18.3. The highest BCUT2D eigenvalue weighted by Crippen LogP contribution is 2.64. The Kier molecular flexibility index (Phi) is 7.02. The summed E-state index contributed by atoms with van der Waals surface area (Å²) in [5.41, 5.74) is 15.3. The maximum atomic E-state index is 2.58. The molecule has 0 bridgehead atoms. The summed E-state index contributed by atoms with van der Waals surface area (Å²) in [6, 6.07) is 54.8. The monoisotopic (exact) mass is 654 g/mol. The van der Waals surface area contributed by atoms with Crippen molar-refractivity contribution in [1.82, 2.24) is 0 Å². The van der Waals surface area contributed by atoms with Crippen LogP contribution in [0.4, 0.5) is 22.7 Å². The SMILES string of the molecule is C1=CCC(N(c2ccccc2)c2ccc(N(c3cccc4c3-c3ccccc3C43c4ccccc4-c4ccccc43)C3C=CC=CC3)cc2)C=C1. The van der Waals surface area contributed by atoms with Crippen LogP contribution in [0, 0.1) is 0 Å². The zero-order valence-corrected chi connectivity index (χ0v) is 28.4. The fraction of sp³-hybridized carbons (Fsp3) is 0.102. The quantitative estimate of drug-likeness (QED) is 0.176. The van der Waals surface area contributed by atoms with Gasteiger partial charge in [-0.05, 0) is 94.3 Å². The lowest BCUT2D eigenvalue weighted by atomic mass is 9.70. The van der Waals surface area contributed by atoms with Crippen molar-refractivity contribution < 1.29 is 0 Å². The van der Waals surface area contributed by atoms with Gasteiger partial charge >= 0.3 is 0 Å². The van der Waals surface area contributed by atoms with Gasteiger partial charge in [-0.2, -0.15) is 0 Å². The second-order valence-electron chi connectivity index (χ2n) is 13.9. The molecule has 2 unspecified atom stereocenters. The molecular weight excluding hydrogens is 617 g/mol. The van der Waals surface area contributed by atoms with Crippen LogP contribution in [0.3, 0.4) is 0 Å². The Morgan fingerprint density at radius 1 is 0.392 bits per heavy atom. The van der Waals surface area contributed by atoms with E-state index in [9.17, 15) is 0 Å². The van der Waals surface area contributed by atoms with E-state index < -0.39 is 0 Å². The summed E-state index contributed by atoms with van der Waals surface area (Å²) in [7, 11) is 0. The summed E-state index contributed by atoms with van der Waals surface area (Å²) < 4.78 is 0. The van der Waals surface area contributed by atoms with Gasteiger partial charge < -0.3 is 9.80 Å². The molecule has 0 saturated carbocycles. The summed E-state index contributed by atoms with van der Waals surface area (Å²) in [5.74, 6) is 0. The Morgan fingerprint density at radius 2 is 0.863 bits per heavy atom. The number of para-hydroxylation sites is 1. The van der Waals surface area contributed by atoms with E-state index in [1.807, 2.05) is 0 Å². The third kappa shape index (κ3) is 4.49. The van der Waals surface area contributed by atoms with E-state index in [1.54, 1.807) is 0 Å². The molecule has 1 spiro atoms. The van der Waals surface area contributed by atoms with Crippen LogP contribution in [-0.4, -0.2) is 12.1 Å². The lowest BCUT2D eigenvalue weighted by molar-refractivity contribution is 0.776. The summed E-state index contributed by atoms with van der Waals surface area (Å²) in [6.07, 6.45) is 19.9. The topological polar surface area (TPSA) is 6.48 Å². The highest BCUT2D eigenvalue weighted by atomic mass is 15.2. The molecule has 6 aromatic carbocycles. The molecule has 0 heterocycles. The third-order valence-corrected chi connectivity index (χ3v) is 11.3. The summed E-state index contributed by atoms with van der Waals surface area (Å²) in [4.78, 5) is 5.05. The highest BCUT2D eigenvalue weighted by molar-refractivity contribution is 5.99. The van der Waals surface area contributed by atoms with E-state index in [2.05, 4.69) is 204 Å². The molecule has 0 fully saturated rings. The molecule has 6 aromatic rings. The molecule has 2 nitrogen and oxygen atoms in total. The number of nitrogens with zero attached hydrogens (tertiary/aromatic N) is 2. The first-order valence-electron chi connectivity index (χ1n) is 18.2. The van der Waals surface area contributed by atoms with E-state index in [-0.39, 0.29) is 17.5 Å². The lowest BCUT2D eigenvalue weighted by Crippen LogP contribution is -2.31. The average Bonchev–Trinajstić information content (AvgIpc) is 3.68.